The van der Waals surface area contributed by atoms with Crippen LogP contribution in [0.2, 0.25) is 0 Å². The molecule has 2 N–H and O–H groups in total. The minimum atomic E-state index is -0.329. The van der Waals surface area contributed by atoms with E-state index in [1.807, 2.05) is 6.07 Å². The van der Waals surface area contributed by atoms with Crippen LogP contribution in [0.25, 0.3) is 0 Å². The molecule has 2 nitrogen and oxygen atoms in total. The highest BCUT2D eigenvalue weighted by atomic mass is 32.2. The number of halogens is 1. The molecule has 1 rings (SSSR count). The summed E-state index contributed by atoms with van der Waals surface area (Å²) < 4.78 is 18.0. The van der Waals surface area contributed by atoms with Crippen molar-refractivity contribution in [2.24, 2.45) is 0 Å². The van der Waals surface area contributed by atoms with Crippen LogP contribution in [0, 0.1) is 5.82 Å². The summed E-state index contributed by atoms with van der Waals surface area (Å²) in [5.41, 5.74) is 6.57. The SMILES string of the molecule is COCCCSCc1ccc(N)c(F)c1. The Bertz CT molecular complexity index is 307. The van der Waals surface area contributed by atoms with E-state index in [2.05, 4.69) is 0 Å². The lowest BCUT2D eigenvalue weighted by Gasteiger charge is -2.03. The van der Waals surface area contributed by atoms with Crippen LogP contribution in [-0.2, 0) is 10.5 Å². The number of benzene rings is 1. The number of hydrogen-bond donors (Lipinski definition) is 1. The summed E-state index contributed by atoms with van der Waals surface area (Å²) in [4.78, 5) is 0. The molecule has 1 aromatic carbocycles. The third-order valence-corrected chi connectivity index (χ3v) is 3.09. The Morgan fingerprint density at radius 3 is 2.93 bits per heavy atom. The first-order valence-corrected chi connectivity index (χ1v) is 6.00. The molecule has 0 aliphatic rings. The van der Waals surface area contributed by atoms with Crippen molar-refractivity contribution in [2.75, 3.05) is 25.2 Å². The molecule has 0 amide bonds. The average Bonchev–Trinajstić information content (AvgIpc) is 2.23. The molecule has 0 atom stereocenters. The van der Waals surface area contributed by atoms with Crippen LogP contribution in [0.1, 0.15) is 12.0 Å². The van der Waals surface area contributed by atoms with Gasteiger partial charge in [0.1, 0.15) is 5.82 Å². The molecular weight excluding hydrogens is 213 g/mol. The second kappa shape index (κ2) is 6.69. The van der Waals surface area contributed by atoms with Gasteiger partial charge in [-0.15, -0.1) is 0 Å². The van der Waals surface area contributed by atoms with E-state index in [-0.39, 0.29) is 11.5 Å². The van der Waals surface area contributed by atoms with Crippen LogP contribution >= 0.6 is 11.8 Å². The number of rotatable bonds is 6. The van der Waals surface area contributed by atoms with E-state index < -0.39 is 0 Å². The van der Waals surface area contributed by atoms with E-state index in [1.165, 1.54) is 6.07 Å². The van der Waals surface area contributed by atoms with Gasteiger partial charge in [0, 0.05) is 19.5 Å². The summed E-state index contributed by atoms with van der Waals surface area (Å²) in [6.07, 6.45) is 1.03. The average molecular weight is 229 g/mol. The van der Waals surface area contributed by atoms with Gasteiger partial charge in [0.2, 0.25) is 0 Å². The summed E-state index contributed by atoms with van der Waals surface area (Å²) in [5.74, 6) is 1.52. The van der Waals surface area contributed by atoms with E-state index >= 15 is 0 Å². The molecule has 0 fully saturated rings. The Kier molecular flexibility index (Phi) is 5.50. The lowest BCUT2D eigenvalue weighted by molar-refractivity contribution is 0.200. The topological polar surface area (TPSA) is 35.2 Å². The predicted molar refractivity (Wildman–Crippen MR) is 63.5 cm³/mol. The second-order valence-electron chi connectivity index (χ2n) is 3.25. The zero-order chi connectivity index (χ0) is 11.1. The first kappa shape index (κ1) is 12.3. The van der Waals surface area contributed by atoms with Crippen molar-refractivity contribution in [2.45, 2.75) is 12.2 Å². The molecule has 1 aromatic rings. The van der Waals surface area contributed by atoms with E-state index in [0.29, 0.717) is 0 Å². The molecule has 0 saturated carbocycles. The number of anilines is 1. The summed E-state index contributed by atoms with van der Waals surface area (Å²) in [6.45, 7) is 0.781. The van der Waals surface area contributed by atoms with Crippen LogP contribution in [0.4, 0.5) is 10.1 Å². The van der Waals surface area contributed by atoms with Crippen molar-refractivity contribution >= 4 is 17.4 Å². The number of nitrogen functional groups attached to an aromatic ring is 1. The largest absolute Gasteiger partial charge is 0.396 e. The highest BCUT2D eigenvalue weighted by Crippen LogP contribution is 2.17. The minimum Gasteiger partial charge on any atom is -0.396 e. The molecule has 0 aromatic heterocycles. The number of thioether (sulfide) groups is 1. The van der Waals surface area contributed by atoms with Crippen LogP contribution in [0.15, 0.2) is 18.2 Å². The van der Waals surface area contributed by atoms with Gasteiger partial charge in [-0.05, 0) is 29.9 Å². The molecule has 84 valence electrons. The van der Waals surface area contributed by atoms with Crippen LogP contribution in [-0.4, -0.2) is 19.5 Å². The van der Waals surface area contributed by atoms with Crippen molar-refractivity contribution in [1.29, 1.82) is 0 Å². The van der Waals surface area contributed by atoms with Gasteiger partial charge in [0.25, 0.3) is 0 Å². The molecule has 0 bridgehead atoms. The maximum absolute atomic E-state index is 13.1. The Labute approximate surface area is 94.0 Å². The maximum Gasteiger partial charge on any atom is 0.146 e. The third-order valence-electron chi connectivity index (χ3n) is 1.97. The third kappa shape index (κ3) is 4.53. The molecule has 0 spiro atoms. The molecular formula is C11H16FNOS. The highest BCUT2D eigenvalue weighted by Gasteiger charge is 1.99. The minimum absolute atomic E-state index is 0.211. The number of nitrogens with two attached hydrogens (primary N) is 1. The monoisotopic (exact) mass is 229 g/mol. The lowest BCUT2D eigenvalue weighted by atomic mass is 10.2. The number of hydrogen-bond acceptors (Lipinski definition) is 3. The summed E-state index contributed by atoms with van der Waals surface area (Å²) >= 11 is 1.77. The van der Waals surface area contributed by atoms with Gasteiger partial charge in [0.05, 0.1) is 5.69 Å². The molecule has 0 unspecified atom stereocenters. The molecule has 0 heterocycles. The van der Waals surface area contributed by atoms with Gasteiger partial charge >= 0.3 is 0 Å². The fourth-order valence-corrected chi connectivity index (χ4v) is 2.04. The van der Waals surface area contributed by atoms with E-state index in [9.17, 15) is 4.39 Å². The van der Waals surface area contributed by atoms with Crippen molar-refractivity contribution in [3.8, 4) is 0 Å². The quantitative estimate of drug-likeness (QED) is 0.601. The van der Waals surface area contributed by atoms with Gasteiger partial charge in [-0.1, -0.05) is 6.07 Å². The summed E-state index contributed by atoms with van der Waals surface area (Å²) in [6, 6.07) is 4.97. The molecule has 0 aliphatic heterocycles. The Hall–Kier alpha value is -0.740. The summed E-state index contributed by atoms with van der Waals surface area (Å²) in [7, 11) is 1.69. The molecule has 15 heavy (non-hydrogen) atoms. The van der Waals surface area contributed by atoms with Gasteiger partial charge in [-0.25, -0.2) is 4.39 Å². The smallest absolute Gasteiger partial charge is 0.146 e. The lowest BCUT2D eigenvalue weighted by Crippen LogP contribution is -1.93. The predicted octanol–water partition coefficient (Wildman–Crippen LogP) is 2.68. The van der Waals surface area contributed by atoms with Crippen molar-refractivity contribution in [1.82, 2.24) is 0 Å². The highest BCUT2D eigenvalue weighted by molar-refractivity contribution is 7.98. The normalized spacial score (nSPS) is 10.5. The van der Waals surface area contributed by atoms with Gasteiger partial charge in [-0.3, -0.25) is 0 Å². The van der Waals surface area contributed by atoms with Crippen molar-refractivity contribution in [3.05, 3.63) is 29.6 Å². The first-order valence-electron chi connectivity index (χ1n) is 4.84. The summed E-state index contributed by atoms with van der Waals surface area (Å²) in [5, 5.41) is 0. The van der Waals surface area contributed by atoms with Crippen LogP contribution in [0.3, 0.4) is 0 Å². The van der Waals surface area contributed by atoms with Crippen molar-refractivity contribution in [3.63, 3.8) is 0 Å². The first-order chi connectivity index (χ1) is 7.24. The number of methoxy groups -OCH3 is 1. The molecule has 0 saturated heterocycles. The zero-order valence-corrected chi connectivity index (χ0v) is 9.65. The van der Waals surface area contributed by atoms with Gasteiger partial charge < -0.3 is 10.5 Å². The molecule has 0 aliphatic carbocycles. The fraction of sp³-hybridized carbons (Fsp3) is 0.455. The zero-order valence-electron chi connectivity index (χ0n) is 8.83. The van der Waals surface area contributed by atoms with E-state index in [1.54, 1.807) is 24.9 Å². The van der Waals surface area contributed by atoms with Gasteiger partial charge in [-0.2, -0.15) is 11.8 Å². The molecule has 4 heteroatoms. The van der Waals surface area contributed by atoms with E-state index in [0.717, 1.165) is 30.1 Å². The van der Waals surface area contributed by atoms with Crippen LogP contribution in [0.5, 0.6) is 0 Å². The fourth-order valence-electron chi connectivity index (χ4n) is 1.16. The maximum atomic E-state index is 13.1. The molecule has 0 radical (unpaired) electrons. The Balaban J connectivity index is 2.28. The second-order valence-corrected chi connectivity index (χ2v) is 4.36. The van der Waals surface area contributed by atoms with E-state index in [4.69, 9.17) is 10.5 Å². The van der Waals surface area contributed by atoms with Crippen molar-refractivity contribution < 1.29 is 9.13 Å². The van der Waals surface area contributed by atoms with Gasteiger partial charge in [0.15, 0.2) is 0 Å². The Morgan fingerprint density at radius 2 is 2.27 bits per heavy atom. The standard InChI is InChI=1S/C11H16FNOS/c1-14-5-2-6-15-8-9-3-4-11(13)10(12)7-9/h3-4,7H,2,5-6,8,13H2,1H3. The van der Waals surface area contributed by atoms with Crippen LogP contribution < -0.4 is 5.73 Å². The Morgan fingerprint density at radius 1 is 1.47 bits per heavy atom. The number of ether oxygens (including phenoxy) is 1.